The predicted molar refractivity (Wildman–Crippen MR) is 127 cm³/mol. The van der Waals surface area contributed by atoms with Crippen LogP contribution < -0.4 is 4.90 Å². The van der Waals surface area contributed by atoms with E-state index < -0.39 is 0 Å². The van der Waals surface area contributed by atoms with Gasteiger partial charge in [-0.3, -0.25) is 9.59 Å². The van der Waals surface area contributed by atoms with Crippen LogP contribution in [0.5, 0.6) is 0 Å². The maximum atomic E-state index is 13.4. The SMILES string of the molecule is O=C(c1ccc(F)cc1)N1CC[C@H]2[C@H](CCCN2C(=O)c2ccc(N3CCCCC3)cc2)C1. The molecule has 0 radical (unpaired) electrons. The molecule has 33 heavy (non-hydrogen) atoms. The van der Waals surface area contributed by atoms with Crippen LogP contribution in [-0.4, -0.2) is 60.4 Å². The zero-order valence-corrected chi connectivity index (χ0v) is 19.1. The van der Waals surface area contributed by atoms with Gasteiger partial charge in [0.1, 0.15) is 5.82 Å². The summed E-state index contributed by atoms with van der Waals surface area (Å²) in [7, 11) is 0. The third-order valence-corrected chi connectivity index (χ3v) is 7.54. The summed E-state index contributed by atoms with van der Waals surface area (Å²) in [4.78, 5) is 32.6. The van der Waals surface area contributed by atoms with E-state index in [0.717, 1.165) is 44.5 Å². The fourth-order valence-corrected chi connectivity index (χ4v) is 5.75. The quantitative estimate of drug-likeness (QED) is 0.689. The minimum absolute atomic E-state index is 0.0507. The molecule has 2 aromatic rings. The van der Waals surface area contributed by atoms with E-state index in [9.17, 15) is 14.0 Å². The number of carbonyl (C=O) groups excluding carboxylic acids is 2. The fraction of sp³-hybridized carbons (Fsp3) is 0.481. The number of rotatable bonds is 3. The summed E-state index contributed by atoms with van der Waals surface area (Å²) in [6, 6.07) is 14.1. The Balaban J connectivity index is 1.24. The molecule has 0 saturated carbocycles. The van der Waals surface area contributed by atoms with Crippen LogP contribution in [0, 0.1) is 11.7 Å². The van der Waals surface area contributed by atoms with Gasteiger partial charge in [-0.15, -0.1) is 0 Å². The molecule has 3 aliphatic rings. The highest BCUT2D eigenvalue weighted by Gasteiger charge is 2.39. The van der Waals surface area contributed by atoms with Gasteiger partial charge < -0.3 is 14.7 Å². The number of likely N-dealkylation sites (tertiary alicyclic amines) is 2. The van der Waals surface area contributed by atoms with E-state index in [1.807, 2.05) is 21.9 Å². The molecular formula is C27H32FN3O2. The van der Waals surface area contributed by atoms with Gasteiger partial charge in [-0.2, -0.15) is 0 Å². The van der Waals surface area contributed by atoms with Crippen LogP contribution in [0.2, 0.25) is 0 Å². The van der Waals surface area contributed by atoms with Crippen LogP contribution in [0.25, 0.3) is 0 Å². The van der Waals surface area contributed by atoms with Gasteiger partial charge >= 0.3 is 0 Å². The molecule has 0 aromatic heterocycles. The van der Waals surface area contributed by atoms with Crippen molar-refractivity contribution in [2.75, 3.05) is 37.6 Å². The van der Waals surface area contributed by atoms with Gasteiger partial charge in [-0.25, -0.2) is 4.39 Å². The van der Waals surface area contributed by atoms with Crippen molar-refractivity contribution in [3.8, 4) is 0 Å². The average Bonchev–Trinajstić information content (AvgIpc) is 2.88. The number of fused-ring (bicyclic) bond motifs is 1. The van der Waals surface area contributed by atoms with E-state index in [-0.39, 0.29) is 29.6 Å². The second-order valence-electron chi connectivity index (χ2n) is 9.61. The lowest BCUT2D eigenvalue weighted by Gasteiger charge is -2.47. The van der Waals surface area contributed by atoms with Crippen molar-refractivity contribution in [3.63, 3.8) is 0 Å². The van der Waals surface area contributed by atoms with Gasteiger partial charge in [0.05, 0.1) is 0 Å². The van der Waals surface area contributed by atoms with E-state index in [1.165, 1.54) is 37.1 Å². The third kappa shape index (κ3) is 4.61. The predicted octanol–water partition coefficient (Wildman–Crippen LogP) is 4.58. The molecule has 0 unspecified atom stereocenters. The minimum Gasteiger partial charge on any atom is -0.372 e. The summed E-state index contributed by atoms with van der Waals surface area (Å²) in [5.74, 6) is 0.00234. The number of piperidine rings is 3. The van der Waals surface area contributed by atoms with E-state index in [0.29, 0.717) is 18.7 Å². The van der Waals surface area contributed by atoms with Crippen LogP contribution in [0.3, 0.4) is 0 Å². The first kappa shape index (κ1) is 21.9. The van der Waals surface area contributed by atoms with Crippen LogP contribution >= 0.6 is 0 Å². The van der Waals surface area contributed by atoms with Crippen LogP contribution in [0.1, 0.15) is 59.2 Å². The van der Waals surface area contributed by atoms with E-state index in [4.69, 9.17) is 0 Å². The van der Waals surface area contributed by atoms with E-state index in [2.05, 4.69) is 17.0 Å². The molecule has 5 nitrogen and oxygen atoms in total. The standard InChI is InChI=1S/C27H32FN3O2/c28-23-10-6-20(7-11-23)26(32)30-18-14-25-22(19-30)5-4-17-31(25)27(33)21-8-12-24(13-9-21)29-15-2-1-3-16-29/h6-13,22,25H,1-5,14-19H2/t22-,25+/m1/s1. The number of carbonyl (C=O) groups is 2. The lowest BCUT2D eigenvalue weighted by atomic mass is 9.83. The molecular weight excluding hydrogens is 417 g/mol. The Kier molecular flexibility index (Phi) is 6.34. The number of amides is 2. The van der Waals surface area contributed by atoms with Crippen molar-refractivity contribution in [1.29, 1.82) is 0 Å². The average molecular weight is 450 g/mol. The number of nitrogens with zero attached hydrogens (tertiary/aromatic N) is 3. The lowest BCUT2D eigenvalue weighted by Crippen LogP contribution is -2.56. The number of anilines is 1. The summed E-state index contributed by atoms with van der Waals surface area (Å²) in [6.45, 7) is 4.24. The first-order chi connectivity index (χ1) is 16.1. The Morgan fingerprint density at radius 1 is 0.727 bits per heavy atom. The Hall–Kier alpha value is -2.89. The fourth-order valence-electron chi connectivity index (χ4n) is 5.75. The highest BCUT2D eigenvalue weighted by Crippen LogP contribution is 2.32. The van der Waals surface area contributed by atoms with Gasteiger partial charge in [-0.1, -0.05) is 0 Å². The Bertz CT molecular complexity index is 985. The molecule has 5 rings (SSSR count). The molecule has 0 spiro atoms. The summed E-state index contributed by atoms with van der Waals surface area (Å²) in [5.41, 5.74) is 2.48. The summed E-state index contributed by atoms with van der Waals surface area (Å²) >= 11 is 0. The first-order valence-corrected chi connectivity index (χ1v) is 12.3. The third-order valence-electron chi connectivity index (χ3n) is 7.54. The molecule has 0 bridgehead atoms. The van der Waals surface area contributed by atoms with Gasteiger partial charge in [0.25, 0.3) is 11.8 Å². The summed E-state index contributed by atoms with van der Waals surface area (Å²) in [5, 5.41) is 0. The molecule has 3 fully saturated rings. The second-order valence-corrected chi connectivity index (χ2v) is 9.61. The van der Waals surface area contributed by atoms with Crippen molar-refractivity contribution < 1.29 is 14.0 Å². The maximum Gasteiger partial charge on any atom is 0.254 e. The minimum atomic E-state index is -0.337. The van der Waals surface area contributed by atoms with Crippen molar-refractivity contribution in [3.05, 3.63) is 65.5 Å². The molecule has 0 N–H and O–H groups in total. The summed E-state index contributed by atoms with van der Waals surface area (Å²) < 4.78 is 13.2. The molecule has 174 valence electrons. The number of halogens is 1. The zero-order chi connectivity index (χ0) is 22.8. The first-order valence-electron chi connectivity index (χ1n) is 12.3. The van der Waals surface area contributed by atoms with Gasteiger partial charge in [0.15, 0.2) is 0 Å². The van der Waals surface area contributed by atoms with Crippen LogP contribution in [-0.2, 0) is 0 Å². The number of benzene rings is 2. The van der Waals surface area contributed by atoms with Crippen molar-refractivity contribution in [2.24, 2.45) is 5.92 Å². The Morgan fingerprint density at radius 3 is 2.12 bits per heavy atom. The molecule has 3 heterocycles. The highest BCUT2D eigenvalue weighted by atomic mass is 19.1. The van der Waals surface area contributed by atoms with Crippen molar-refractivity contribution >= 4 is 17.5 Å². The zero-order valence-electron chi connectivity index (χ0n) is 19.1. The van der Waals surface area contributed by atoms with Crippen LogP contribution in [0.4, 0.5) is 10.1 Å². The normalized spacial score (nSPS) is 23.2. The van der Waals surface area contributed by atoms with E-state index in [1.54, 1.807) is 12.1 Å². The van der Waals surface area contributed by atoms with Crippen molar-refractivity contribution in [2.45, 2.75) is 44.6 Å². The highest BCUT2D eigenvalue weighted by molar-refractivity contribution is 5.95. The molecule has 2 aromatic carbocycles. The topological polar surface area (TPSA) is 43.9 Å². The second kappa shape index (κ2) is 9.54. The molecule has 6 heteroatoms. The molecule has 2 atom stereocenters. The number of hydrogen-bond donors (Lipinski definition) is 0. The summed E-state index contributed by atoms with van der Waals surface area (Å²) in [6.07, 6.45) is 6.54. The molecule has 0 aliphatic carbocycles. The lowest BCUT2D eigenvalue weighted by molar-refractivity contribution is 0.0197. The largest absolute Gasteiger partial charge is 0.372 e. The molecule has 3 saturated heterocycles. The Labute approximate surface area is 195 Å². The monoisotopic (exact) mass is 449 g/mol. The van der Waals surface area contributed by atoms with Gasteiger partial charge in [-0.05, 0) is 93.0 Å². The van der Waals surface area contributed by atoms with Crippen LogP contribution in [0.15, 0.2) is 48.5 Å². The molecule has 3 aliphatic heterocycles. The van der Waals surface area contributed by atoms with Gasteiger partial charge in [0, 0.05) is 55.6 Å². The number of hydrogen-bond acceptors (Lipinski definition) is 3. The van der Waals surface area contributed by atoms with E-state index >= 15 is 0 Å². The Morgan fingerprint density at radius 2 is 1.39 bits per heavy atom. The molecule has 2 amide bonds. The maximum absolute atomic E-state index is 13.4. The smallest absolute Gasteiger partial charge is 0.254 e. The van der Waals surface area contributed by atoms with Gasteiger partial charge in [0.2, 0.25) is 0 Å². The van der Waals surface area contributed by atoms with Crippen molar-refractivity contribution in [1.82, 2.24) is 9.80 Å².